The maximum absolute atomic E-state index is 12.1. The zero-order valence-electron chi connectivity index (χ0n) is 13.6. The Morgan fingerprint density at radius 1 is 1.14 bits per heavy atom. The number of amides is 1. The van der Waals surface area contributed by atoms with Crippen LogP contribution in [0.2, 0.25) is 0 Å². The number of carbonyl (C=O) groups excluding carboxylic acids is 1. The topological polar surface area (TPSA) is 42.2 Å². The van der Waals surface area contributed by atoms with Gasteiger partial charge >= 0.3 is 0 Å². The summed E-state index contributed by atoms with van der Waals surface area (Å²) in [5.41, 5.74) is 1.33. The Hall–Kier alpha value is -2.03. The number of aryl methyl sites for hydroxylation is 2. The molecule has 1 aromatic carbocycles. The molecule has 0 fully saturated rings. The van der Waals surface area contributed by atoms with Crippen LogP contribution in [0.25, 0.3) is 0 Å². The molecule has 3 nitrogen and oxygen atoms in total. The smallest absolute Gasteiger partial charge is 0.220 e. The van der Waals surface area contributed by atoms with Crippen molar-refractivity contribution in [3.8, 4) is 0 Å². The van der Waals surface area contributed by atoms with Gasteiger partial charge in [0.25, 0.3) is 0 Å². The number of furan rings is 1. The van der Waals surface area contributed by atoms with Gasteiger partial charge in [-0.2, -0.15) is 0 Å². The van der Waals surface area contributed by atoms with Gasteiger partial charge in [0, 0.05) is 6.42 Å². The second kappa shape index (κ2) is 7.83. The van der Waals surface area contributed by atoms with E-state index in [0.29, 0.717) is 12.3 Å². The van der Waals surface area contributed by atoms with E-state index in [-0.39, 0.29) is 11.9 Å². The minimum absolute atomic E-state index is 0.0810. The van der Waals surface area contributed by atoms with Crippen LogP contribution in [0.4, 0.5) is 0 Å². The maximum Gasteiger partial charge on any atom is 0.220 e. The lowest BCUT2D eigenvalue weighted by Crippen LogP contribution is -2.27. The Labute approximate surface area is 132 Å². The lowest BCUT2D eigenvalue weighted by molar-refractivity contribution is -0.122. The largest absolute Gasteiger partial charge is 0.464 e. The van der Waals surface area contributed by atoms with Gasteiger partial charge in [-0.3, -0.25) is 4.79 Å². The second-order valence-electron chi connectivity index (χ2n) is 6.07. The Balaban J connectivity index is 1.74. The van der Waals surface area contributed by atoms with Gasteiger partial charge < -0.3 is 9.73 Å². The van der Waals surface area contributed by atoms with Crippen molar-refractivity contribution in [1.29, 1.82) is 0 Å². The number of benzene rings is 1. The van der Waals surface area contributed by atoms with E-state index in [1.807, 2.05) is 32.0 Å². The molecule has 3 heteroatoms. The van der Waals surface area contributed by atoms with Gasteiger partial charge in [0.05, 0.1) is 6.04 Å². The van der Waals surface area contributed by atoms with E-state index < -0.39 is 0 Å². The molecule has 0 aliphatic carbocycles. The van der Waals surface area contributed by atoms with Crippen molar-refractivity contribution in [3.05, 3.63) is 59.5 Å². The van der Waals surface area contributed by atoms with Crippen LogP contribution in [-0.4, -0.2) is 5.91 Å². The summed E-state index contributed by atoms with van der Waals surface area (Å²) in [7, 11) is 0. The summed E-state index contributed by atoms with van der Waals surface area (Å²) >= 11 is 0. The van der Waals surface area contributed by atoms with Crippen LogP contribution in [0.1, 0.15) is 49.8 Å². The molecule has 1 amide bonds. The number of rotatable bonds is 7. The van der Waals surface area contributed by atoms with Gasteiger partial charge in [-0.1, -0.05) is 37.3 Å². The van der Waals surface area contributed by atoms with Crippen molar-refractivity contribution >= 4 is 5.91 Å². The quantitative estimate of drug-likeness (QED) is 0.822. The van der Waals surface area contributed by atoms with Crippen molar-refractivity contribution in [2.45, 2.75) is 46.1 Å². The molecule has 0 spiro atoms. The third kappa shape index (κ3) is 5.06. The molecule has 2 unspecified atom stereocenters. The summed E-state index contributed by atoms with van der Waals surface area (Å²) in [6, 6.07) is 14.2. The first-order chi connectivity index (χ1) is 10.5. The van der Waals surface area contributed by atoms with Crippen molar-refractivity contribution in [3.63, 3.8) is 0 Å². The number of hydrogen-bond acceptors (Lipinski definition) is 2. The molecule has 1 aromatic heterocycles. The van der Waals surface area contributed by atoms with E-state index in [1.165, 1.54) is 5.56 Å². The summed E-state index contributed by atoms with van der Waals surface area (Å²) in [6.45, 7) is 5.98. The Morgan fingerprint density at radius 2 is 1.86 bits per heavy atom. The highest BCUT2D eigenvalue weighted by molar-refractivity contribution is 5.76. The molecule has 0 saturated carbocycles. The van der Waals surface area contributed by atoms with E-state index >= 15 is 0 Å². The van der Waals surface area contributed by atoms with Gasteiger partial charge in [0.2, 0.25) is 5.91 Å². The monoisotopic (exact) mass is 299 g/mol. The first-order valence-corrected chi connectivity index (χ1v) is 7.94. The Kier molecular flexibility index (Phi) is 5.82. The molecule has 0 aliphatic rings. The fraction of sp³-hybridized carbons (Fsp3) is 0.421. The summed E-state index contributed by atoms with van der Waals surface area (Å²) < 4.78 is 5.54. The third-order valence-electron chi connectivity index (χ3n) is 3.87. The predicted octanol–water partition coefficient (Wildman–Crippen LogP) is 4.42. The first kappa shape index (κ1) is 16.3. The predicted molar refractivity (Wildman–Crippen MR) is 88.5 cm³/mol. The number of hydrogen-bond donors (Lipinski definition) is 1. The normalized spacial score (nSPS) is 13.6. The zero-order chi connectivity index (χ0) is 15.9. The number of nitrogens with one attached hydrogen (secondary N) is 1. The molecular formula is C19H25NO2. The van der Waals surface area contributed by atoms with Crippen LogP contribution in [0.5, 0.6) is 0 Å². The van der Waals surface area contributed by atoms with E-state index in [9.17, 15) is 4.79 Å². The molecule has 0 aliphatic heterocycles. The summed E-state index contributed by atoms with van der Waals surface area (Å²) in [5.74, 6) is 2.13. The SMILES string of the molecule is Cc1ccc(C(C)NC(=O)CC(C)CCc2ccccc2)o1. The fourth-order valence-electron chi connectivity index (χ4n) is 2.53. The molecule has 2 atom stereocenters. The number of carbonyl (C=O) groups is 1. The van der Waals surface area contributed by atoms with E-state index in [4.69, 9.17) is 4.42 Å². The summed E-state index contributed by atoms with van der Waals surface area (Å²) in [5, 5.41) is 3.01. The molecule has 2 rings (SSSR count). The second-order valence-corrected chi connectivity index (χ2v) is 6.07. The highest BCUT2D eigenvalue weighted by atomic mass is 16.3. The van der Waals surface area contributed by atoms with Gasteiger partial charge in [-0.15, -0.1) is 0 Å². The summed E-state index contributed by atoms with van der Waals surface area (Å²) in [6.07, 6.45) is 2.59. The molecule has 0 radical (unpaired) electrons. The Bertz CT molecular complexity index is 588. The molecule has 1 heterocycles. The van der Waals surface area contributed by atoms with Crippen LogP contribution in [-0.2, 0) is 11.2 Å². The molecule has 1 N–H and O–H groups in total. The maximum atomic E-state index is 12.1. The average Bonchev–Trinajstić information content (AvgIpc) is 2.93. The molecule has 2 aromatic rings. The van der Waals surface area contributed by atoms with Crippen LogP contribution in [0.15, 0.2) is 46.9 Å². The highest BCUT2D eigenvalue weighted by Crippen LogP contribution is 2.17. The van der Waals surface area contributed by atoms with Gasteiger partial charge in [0.15, 0.2) is 0 Å². The minimum Gasteiger partial charge on any atom is -0.464 e. The average molecular weight is 299 g/mol. The molecule has 0 bridgehead atoms. The highest BCUT2D eigenvalue weighted by Gasteiger charge is 2.15. The lowest BCUT2D eigenvalue weighted by Gasteiger charge is -2.15. The third-order valence-corrected chi connectivity index (χ3v) is 3.87. The van der Waals surface area contributed by atoms with Crippen LogP contribution in [0, 0.1) is 12.8 Å². The van der Waals surface area contributed by atoms with Gasteiger partial charge in [0.1, 0.15) is 11.5 Å². The first-order valence-electron chi connectivity index (χ1n) is 7.94. The van der Waals surface area contributed by atoms with E-state index in [2.05, 4.69) is 36.5 Å². The van der Waals surface area contributed by atoms with Crippen molar-refractivity contribution in [1.82, 2.24) is 5.32 Å². The zero-order valence-corrected chi connectivity index (χ0v) is 13.6. The molecule has 22 heavy (non-hydrogen) atoms. The summed E-state index contributed by atoms with van der Waals surface area (Å²) in [4.78, 5) is 12.1. The van der Waals surface area contributed by atoms with E-state index in [1.54, 1.807) is 0 Å². The fourth-order valence-corrected chi connectivity index (χ4v) is 2.53. The van der Waals surface area contributed by atoms with Crippen molar-refractivity contribution < 1.29 is 9.21 Å². The van der Waals surface area contributed by atoms with Crippen LogP contribution in [0.3, 0.4) is 0 Å². The molecular weight excluding hydrogens is 274 g/mol. The lowest BCUT2D eigenvalue weighted by atomic mass is 9.98. The Morgan fingerprint density at radius 3 is 2.50 bits per heavy atom. The van der Waals surface area contributed by atoms with Crippen LogP contribution < -0.4 is 5.32 Å². The van der Waals surface area contributed by atoms with Crippen molar-refractivity contribution in [2.75, 3.05) is 0 Å². The van der Waals surface area contributed by atoms with Gasteiger partial charge in [-0.05, 0) is 50.3 Å². The van der Waals surface area contributed by atoms with Gasteiger partial charge in [-0.25, -0.2) is 0 Å². The van der Waals surface area contributed by atoms with Crippen molar-refractivity contribution in [2.24, 2.45) is 5.92 Å². The van der Waals surface area contributed by atoms with Crippen LogP contribution >= 0.6 is 0 Å². The molecule has 118 valence electrons. The standard InChI is InChI=1S/C19H25NO2/c1-14(9-11-17-7-5-4-6-8-17)13-19(21)20-16(3)18-12-10-15(2)22-18/h4-8,10,12,14,16H,9,11,13H2,1-3H3,(H,20,21). The minimum atomic E-state index is -0.0810. The van der Waals surface area contributed by atoms with E-state index in [0.717, 1.165) is 24.4 Å². The molecule has 0 saturated heterocycles.